The van der Waals surface area contributed by atoms with Crippen molar-refractivity contribution >= 4 is 17.6 Å². The van der Waals surface area contributed by atoms with Crippen LogP contribution in [0.1, 0.15) is 9.68 Å². The van der Waals surface area contributed by atoms with E-state index in [1.54, 1.807) is 0 Å². The fraction of sp³-hybridized carbons (Fsp3) is 0.154. The third kappa shape index (κ3) is 3.09. The van der Waals surface area contributed by atoms with Crippen LogP contribution in [0.5, 0.6) is 5.75 Å². The molecule has 0 atom stereocenters. The number of nitrogens with zero attached hydrogens (tertiary/aromatic N) is 5. The van der Waals surface area contributed by atoms with Gasteiger partial charge in [0.15, 0.2) is 17.8 Å². The molecule has 3 aromatic rings. The van der Waals surface area contributed by atoms with E-state index in [0.717, 1.165) is 4.68 Å². The third-order valence-electron chi connectivity index (χ3n) is 2.84. The maximum absolute atomic E-state index is 12.5. The van der Waals surface area contributed by atoms with Crippen LogP contribution >= 0.6 is 12.0 Å². The quantitative estimate of drug-likeness (QED) is 0.684. The van der Waals surface area contributed by atoms with Gasteiger partial charge in [0, 0.05) is 34.6 Å². The summed E-state index contributed by atoms with van der Waals surface area (Å²) in [5.41, 5.74) is -3.90. The fourth-order valence-corrected chi connectivity index (χ4v) is 2.26. The third-order valence-corrected chi connectivity index (χ3v) is 3.29. The highest BCUT2D eigenvalue weighted by atomic mass is 32.2. The molecule has 0 radical (unpaired) electrons. The van der Waals surface area contributed by atoms with Gasteiger partial charge in [-0.1, -0.05) is 0 Å². The van der Waals surface area contributed by atoms with Crippen LogP contribution < -0.4 is 4.18 Å². The summed E-state index contributed by atoms with van der Waals surface area (Å²) in [5.74, 6) is -0.236. The van der Waals surface area contributed by atoms with E-state index in [2.05, 4.69) is 10.2 Å². The van der Waals surface area contributed by atoms with E-state index in [1.807, 2.05) is 6.07 Å². The van der Waals surface area contributed by atoms with Crippen LogP contribution in [0.2, 0.25) is 0 Å². The second kappa shape index (κ2) is 5.51. The van der Waals surface area contributed by atoms with Crippen molar-refractivity contribution in [2.45, 2.75) is 5.51 Å². The van der Waals surface area contributed by atoms with Crippen LogP contribution in [-0.4, -0.2) is 24.9 Å². The zero-order chi connectivity index (χ0) is 19.1. The van der Waals surface area contributed by atoms with Gasteiger partial charge in [0.05, 0.1) is 12.4 Å². The Bertz CT molecular complexity index is 1010. The first-order valence-corrected chi connectivity index (χ1v) is 6.72. The zero-order valence-electron chi connectivity index (χ0n) is 14.1. The first-order valence-electron chi connectivity index (χ1n) is 7.48. The topological polar surface area (TPSA) is 68.1 Å². The van der Waals surface area contributed by atoms with Gasteiger partial charge in [-0.3, -0.25) is 4.68 Å². The van der Waals surface area contributed by atoms with E-state index in [-0.39, 0.29) is 16.8 Å². The molecule has 23 heavy (non-hydrogen) atoms. The summed E-state index contributed by atoms with van der Waals surface area (Å²) in [7, 11) is 0. The monoisotopic (exact) mass is 342 g/mol. The number of aryl methyl sites for hydroxylation is 1. The number of pyridine rings is 1. The average molecular weight is 342 g/mol. The lowest BCUT2D eigenvalue weighted by atomic mass is 10.1. The number of nitriles is 1. The van der Waals surface area contributed by atoms with Crippen molar-refractivity contribution in [2.75, 3.05) is 0 Å². The van der Waals surface area contributed by atoms with Gasteiger partial charge in [-0.2, -0.15) is 28.6 Å². The summed E-state index contributed by atoms with van der Waals surface area (Å²) >= 11 is -0.724. The molecule has 118 valence electrons. The second-order valence-corrected chi connectivity index (χ2v) is 5.14. The van der Waals surface area contributed by atoms with Gasteiger partial charge in [-0.15, -0.1) is 0 Å². The zero-order valence-corrected chi connectivity index (χ0v) is 11.9. The first-order chi connectivity index (χ1) is 12.1. The molecule has 0 unspecified atom stereocenters. The number of rotatable bonds is 3. The average Bonchev–Trinajstić information content (AvgIpc) is 3.18. The number of aromatic nitrogens is 4. The van der Waals surface area contributed by atoms with Crippen molar-refractivity contribution in [2.24, 2.45) is 6.98 Å². The van der Waals surface area contributed by atoms with Gasteiger partial charge in [0.1, 0.15) is 17.1 Å². The van der Waals surface area contributed by atoms with Gasteiger partial charge in [-0.25, -0.2) is 4.52 Å². The highest BCUT2D eigenvalue weighted by molar-refractivity contribution is 7.95. The maximum atomic E-state index is 12.5. The summed E-state index contributed by atoms with van der Waals surface area (Å²) in [6.07, 6.45) is 5.10. The van der Waals surface area contributed by atoms with Crippen molar-refractivity contribution < 1.29 is 21.5 Å². The fourth-order valence-electron chi connectivity index (χ4n) is 1.95. The molecule has 0 aliphatic rings. The normalized spacial score (nSPS) is 14.1. The second-order valence-electron chi connectivity index (χ2n) is 4.34. The Hall–Kier alpha value is -2.67. The Kier molecular flexibility index (Phi) is 2.84. The van der Waals surface area contributed by atoms with E-state index in [1.165, 1.54) is 35.4 Å². The summed E-state index contributed by atoms with van der Waals surface area (Å²) < 4.78 is 66.1. The lowest BCUT2D eigenvalue weighted by molar-refractivity contribution is -0.0369. The van der Waals surface area contributed by atoms with Crippen LogP contribution in [0.4, 0.5) is 13.2 Å². The van der Waals surface area contributed by atoms with E-state index in [0.29, 0.717) is 11.1 Å². The minimum Gasteiger partial charge on any atom is -0.415 e. The lowest BCUT2D eigenvalue weighted by Gasteiger charge is -2.10. The molecule has 0 saturated carbocycles. The summed E-state index contributed by atoms with van der Waals surface area (Å²) in [4.78, 5) is 0. The Morgan fingerprint density at radius 2 is 2.13 bits per heavy atom. The highest BCUT2D eigenvalue weighted by Crippen LogP contribution is 2.37. The SMILES string of the molecule is [2H]C([2H])([2H])n1cc(-c2cc(OSC(F)(F)F)c3c(C#N)cnn3c2)cn1. The molecule has 3 heterocycles. The van der Waals surface area contributed by atoms with E-state index in [4.69, 9.17) is 13.6 Å². The Balaban J connectivity index is 2.10. The first kappa shape index (κ1) is 11.8. The highest BCUT2D eigenvalue weighted by Gasteiger charge is 2.32. The predicted molar refractivity (Wildman–Crippen MR) is 76.4 cm³/mol. The van der Waals surface area contributed by atoms with E-state index in [9.17, 15) is 13.2 Å². The molecule has 0 aliphatic carbocycles. The Morgan fingerprint density at radius 1 is 1.30 bits per heavy atom. The molecule has 0 aliphatic heterocycles. The molecule has 0 fully saturated rings. The van der Waals surface area contributed by atoms with E-state index < -0.39 is 24.5 Å². The van der Waals surface area contributed by atoms with Gasteiger partial charge in [-0.05, 0) is 6.07 Å². The standard InChI is InChI=1S/C13H8F3N5OS/c1-20-6-10(5-18-20)8-2-11(22-23-13(14,15)16)12-9(3-17)4-19-21(12)7-8/h2,4-7H,1H3/i1D3. The Labute approximate surface area is 136 Å². The number of alkyl halides is 3. The van der Waals surface area contributed by atoms with Gasteiger partial charge in [0.25, 0.3) is 0 Å². The molecule has 0 amide bonds. The minimum atomic E-state index is -4.65. The predicted octanol–water partition coefficient (Wildman–Crippen LogP) is 3.15. The molecular formula is C13H8F3N5OS. The number of hydrogen-bond acceptors (Lipinski definition) is 5. The van der Waals surface area contributed by atoms with Crippen molar-refractivity contribution in [3.05, 3.63) is 36.4 Å². The molecule has 3 aromatic heterocycles. The van der Waals surface area contributed by atoms with Crippen LogP contribution in [0.15, 0.2) is 30.9 Å². The lowest BCUT2D eigenvalue weighted by Crippen LogP contribution is -2.03. The van der Waals surface area contributed by atoms with Crippen LogP contribution in [0.25, 0.3) is 16.6 Å². The number of hydrogen-bond donors (Lipinski definition) is 0. The van der Waals surface area contributed by atoms with Crippen molar-refractivity contribution in [1.82, 2.24) is 19.4 Å². The molecular weight excluding hydrogens is 331 g/mol. The molecule has 0 saturated heterocycles. The molecule has 0 spiro atoms. The molecule has 3 rings (SSSR count). The number of fused-ring (bicyclic) bond motifs is 1. The maximum Gasteiger partial charge on any atom is 0.479 e. The molecule has 0 N–H and O–H groups in total. The van der Waals surface area contributed by atoms with Crippen LogP contribution in [0, 0.1) is 11.3 Å². The van der Waals surface area contributed by atoms with Crippen LogP contribution in [-0.2, 0) is 6.98 Å². The van der Waals surface area contributed by atoms with Gasteiger partial charge in [0.2, 0.25) is 0 Å². The smallest absolute Gasteiger partial charge is 0.415 e. The molecule has 0 aromatic carbocycles. The Morgan fingerprint density at radius 3 is 2.78 bits per heavy atom. The largest absolute Gasteiger partial charge is 0.479 e. The molecule has 10 heteroatoms. The van der Waals surface area contributed by atoms with Gasteiger partial charge < -0.3 is 4.18 Å². The molecule has 6 nitrogen and oxygen atoms in total. The molecule has 0 bridgehead atoms. The van der Waals surface area contributed by atoms with Crippen molar-refractivity contribution in [3.8, 4) is 22.9 Å². The van der Waals surface area contributed by atoms with E-state index >= 15 is 0 Å². The number of halogens is 3. The minimum absolute atomic E-state index is 0.0347. The summed E-state index contributed by atoms with van der Waals surface area (Å²) in [5, 5.41) is 16.7. The summed E-state index contributed by atoms with van der Waals surface area (Å²) in [6, 6.07) is 3.09. The van der Waals surface area contributed by atoms with Crippen molar-refractivity contribution in [1.29, 1.82) is 5.26 Å². The van der Waals surface area contributed by atoms with Gasteiger partial charge >= 0.3 is 5.51 Å². The van der Waals surface area contributed by atoms with Crippen molar-refractivity contribution in [3.63, 3.8) is 0 Å². The summed E-state index contributed by atoms with van der Waals surface area (Å²) in [6.45, 7) is -2.49. The van der Waals surface area contributed by atoms with Crippen LogP contribution in [0.3, 0.4) is 0 Å².